The number of halogens is 1. The van der Waals surface area contributed by atoms with Crippen LogP contribution in [0.5, 0.6) is 0 Å². The highest BCUT2D eigenvalue weighted by Gasteiger charge is 2.18. The molecule has 40 heavy (non-hydrogen) atoms. The maximum atomic E-state index is 13.6. The number of H-pyrrole nitrogens is 1. The lowest BCUT2D eigenvalue weighted by atomic mass is 10.0. The molecule has 3 N–H and O–H groups in total. The third kappa shape index (κ3) is 6.40. The Hall–Kier alpha value is -4.85. The number of allylic oxidation sites excluding steroid dienone is 2. The SMILES string of the molecule is C=C/C=C(/c1ccc(F)cc1)c1nc(C(=C)c2cc(-c3cncc(NC(=O)CC(C)C)c3)cnc2NC)[nH]c1C. The van der Waals surface area contributed by atoms with Crippen LogP contribution in [0.25, 0.3) is 22.3 Å². The lowest BCUT2D eigenvalue weighted by Crippen LogP contribution is -2.14. The minimum Gasteiger partial charge on any atom is -0.373 e. The Morgan fingerprint density at radius 1 is 1.12 bits per heavy atom. The van der Waals surface area contributed by atoms with E-state index in [0.29, 0.717) is 35.0 Å². The minimum absolute atomic E-state index is 0.0545. The summed E-state index contributed by atoms with van der Waals surface area (Å²) < 4.78 is 13.6. The summed E-state index contributed by atoms with van der Waals surface area (Å²) in [5.41, 5.74) is 6.80. The van der Waals surface area contributed by atoms with E-state index in [1.165, 1.54) is 12.1 Å². The molecule has 8 heteroatoms. The third-order valence-corrected chi connectivity index (χ3v) is 6.26. The molecule has 0 saturated heterocycles. The van der Waals surface area contributed by atoms with E-state index in [1.807, 2.05) is 39.0 Å². The second-order valence-electron chi connectivity index (χ2n) is 9.84. The molecule has 0 aliphatic heterocycles. The number of aromatic amines is 1. The van der Waals surface area contributed by atoms with E-state index in [9.17, 15) is 9.18 Å². The molecule has 7 nitrogen and oxygen atoms in total. The van der Waals surface area contributed by atoms with Gasteiger partial charge in [-0.15, -0.1) is 0 Å². The number of nitrogens with one attached hydrogen (secondary N) is 3. The van der Waals surface area contributed by atoms with Gasteiger partial charge in [-0.3, -0.25) is 9.78 Å². The van der Waals surface area contributed by atoms with Crippen molar-refractivity contribution in [3.05, 3.63) is 114 Å². The van der Waals surface area contributed by atoms with Crippen LogP contribution < -0.4 is 10.6 Å². The normalized spacial score (nSPS) is 11.4. The summed E-state index contributed by atoms with van der Waals surface area (Å²) in [6.07, 6.45) is 9.06. The molecule has 0 fully saturated rings. The summed E-state index contributed by atoms with van der Waals surface area (Å²) in [5, 5.41) is 6.05. The van der Waals surface area contributed by atoms with E-state index < -0.39 is 0 Å². The number of carbonyl (C=O) groups excluding carboxylic acids is 1. The maximum absolute atomic E-state index is 13.6. The van der Waals surface area contributed by atoms with Crippen LogP contribution in [-0.4, -0.2) is 32.9 Å². The molecule has 3 aromatic heterocycles. The summed E-state index contributed by atoms with van der Waals surface area (Å²) in [6.45, 7) is 14.1. The Labute approximate surface area is 234 Å². The van der Waals surface area contributed by atoms with Gasteiger partial charge in [0.25, 0.3) is 0 Å². The Kier molecular flexibility index (Phi) is 8.69. The topological polar surface area (TPSA) is 95.6 Å². The fraction of sp³-hybridized carbons (Fsp3) is 0.188. The van der Waals surface area contributed by atoms with Crippen LogP contribution in [0.15, 0.2) is 80.3 Å². The standard InChI is InChI=1S/C32H33FN6O/c1-7-8-27(22-9-11-25(33)12-10-22)30-21(5)37-31(39-30)20(4)28-15-24(17-36-32(28)34-6)23-14-26(18-35-16-23)38-29(40)13-19(2)3/h7-12,14-19H,1,4,13H2,2-3,5-6H3,(H,34,36)(H,37,39)(H,38,40)/b27-8-. The van der Waals surface area contributed by atoms with Crippen molar-refractivity contribution < 1.29 is 9.18 Å². The molecular formula is C32H33FN6O. The van der Waals surface area contributed by atoms with Gasteiger partial charge in [0.2, 0.25) is 5.91 Å². The Balaban J connectivity index is 1.68. The number of imidazole rings is 1. The van der Waals surface area contributed by atoms with Gasteiger partial charge in [-0.25, -0.2) is 14.4 Å². The zero-order chi connectivity index (χ0) is 28.8. The van der Waals surface area contributed by atoms with E-state index in [-0.39, 0.29) is 17.6 Å². The molecule has 0 bridgehead atoms. The van der Waals surface area contributed by atoms with E-state index in [1.54, 1.807) is 43.8 Å². The zero-order valence-electron chi connectivity index (χ0n) is 23.2. The molecule has 1 amide bonds. The van der Waals surface area contributed by atoms with E-state index in [4.69, 9.17) is 4.98 Å². The largest absolute Gasteiger partial charge is 0.373 e. The van der Waals surface area contributed by atoms with Gasteiger partial charge >= 0.3 is 0 Å². The smallest absolute Gasteiger partial charge is 0.224 e. The number of hydrogen-bond acceptors (Lipinski definition) is 5. The highest BCUT2D eigenvalue weighted by Crippen LogP contribution is 2.33. The Morgan fingerprint density at radius 2 is 1.85 bits per heavy atom. The molecule has 0 aliphatic carbocycles. The van der Waals surface area contributed by atoms with Crippen molar-refractivity contribution in [3.63, 3.8) is 0 Å². The highest BCUT2D eigenvalue weighted by atomic mass is 19.1. The van der Waals surface area contributed by atoms with Gasteiger partial charge in [0.05, 0.1) is 17.6 Å². The lowest BCUT2D eigenvalue weighted by Gasteiger charge is -2.13. The monoisotopic (exact) mass is 536 g/mol. The number of rotatable bonds is 10. The van der Waals surface area contributed by atoms with Crippen LogP contribution in [0.3, 0.4) is 0 Å². The van der Waals surface area contributed by atoms with Gasteiger partial charge in [0, 0.05) is 59.4 Å². The molecule has 0 spiro atoms. The molecular weight excluding hydrogens is 503 g/mol. The van der Waals surface area contributed by atoms with E-state index >= 15 is 0 Å². The first-order valence-corrected chi connectivity index (χ1v) is 13.0. The molecule has 4 aromatic rings. The molecule has 3 heterocycles. The first-order chi connectivity index (χ1) is 19.2. The number of carbonyl (C=O) groups is 1. The minimum atomic E-state index is -0.305. The van der Waals surface area contributed by atoms with E-state index in [0.717, 1.165) is 33.5 Å². The van der Waals surface area contributed by atoms with Crippen molar-refractivity contribution in [1.82, 2.24) is 19.9 Å². The highest BCUT2D eigenvalue weighted by molar-refractivity contribution is 5.91. The summed E-state index contributed by atoms with van der Waals surface area (Å²) in [6, 6.07) is 10.1. The number of pyridine rings is 2. The number of amides is 1. The number of nitrogens with zero attached hydrogens (tertiary/aromatic N) is 3. The van der Waals surface area contributed by atoms with Crippen LogP contribution in [-0.2, 0) is 4.79 Å². The van der Waals surface area contributed by atoms with Crippen molar-refractivity contribution in [3.8, 4) is 11.1 Å². The number of benzene rings is 1. The molecule has 0 aliphatic rings. The molecule has 0 unspecified atom stereocenters. The Morgan fingerprint density at radius 3 is 2.52 bits per heavy atom. The van der Waals surface area contributed by atoms with Crippen LogP contribution in [0.1, 0.15) is 48.6 Å². The van der Waals surface area contributed by atoms with Crippen molar-refractivity contribution in [2.75, 3.05) is 17.7 Å². The molecule has 204 valence electrons. The summed E-state index contributed by atoms with van der Waals surface area (Å²) >= 11 is 0. The first kappa shape index (κ1) is 28.2. The van der Waals surface area contributed by atoms with Crippen molar-refractivity contribution in [1.29, 1.82) is 0 Å². The predicted octanol–water partition coefficient (Wildman–Crippen LogP) is 7.02. The lowest BCUT2D eigenvalue weighted by molar-refractivity contribution is -0.116. The third-order valence-electron chi connectivity index (χ3n) is 6.26. The quantitative estimate of drug-likeness (QED) is 0.189. The van der Waals surface area contributed by atoms with Crippen molar-refractivity contribution in [2.45, 2.75) is 27.2 Å². The van der Waals surface area contributed by atoms with E-state index in [2.05, 4.69) is 38.7 Å². The number of aryl methyl sites for hydroxylation is 1. The van der Waals surface area contributed by atoms with Crippen LogP contribution in [0.2, 0.25) is 0 Å². The number of anilines is 2. The fourth-order valence-corrected chi connectivity index (χ4v) is 4.35. The summed E-state index contributed by atoms with van der Waals surface area (Å²) in [4.78, 5) is 29.4. The molecule has 0 radical (unpaired) electrons. The van der Waals surface area contributed by atoms with Gasteiger partial charge in [0.1, 0.15) is 17.5 Å². The van der Waals surface area contributed by atoms with Crippen LogP contribution in [0.4, 0.5) is 15.9 Å². The molecule has 4 rings (SSSR count). The maximum Gasteiger partial charge on any atom is 0.224 e. The predicted molar refractivity (Wildman–Crippen MR) is 160 cm³/mol. The molecule has 0 atom stereocenters. The fourth-order valence-electron chi connectivity index (χ4n) is 4.35. The summed E-state index contributed by atoms with van der Waals surface area (Å²) in [7, 11) is 1.80. The number of aromatic nitrogens is 4. The molecule has 0 saturated carbocycles. The average Bonchev–Trinajstić information content (AvgIpc) is 3.32. The van der Waals surface area contributed by atoms with Gasteiger partial charge in [-0.05, 0) is 42.7 Å². The van der Waals surface area contributed by atoms with Gasteiger partial charge in [-0.1, -0.05) is 51.3 Å². The van der Waals surface area contributed by atoms with Crippen molar-refractivity contribution in [2.24, 2.45) is 5.92 Å². The van der Waals surface area contributed by atoms with Crippen molar-refractivity contribution >= 4 is 28.6 Å². The second-order valence-corrected chi connectivity index (χ2v) is 9.84. The first-order valence-electron chi connectivity index (χ1n) is 13.0. The molecule has 1 aromatic carbocycles. The number of hydrogen-bond donors (Lipinski definition) is 3. The second kappa shape index (κ2) is 12.3. The summed E-state index contributed by atoms with van der Waals surface area (Å²) in [5.74, 6) is 1.11. The van der Waals surface area contributed by atoms with Gasteiger partial charge < -0.3 is 15.6 Å². The zero-order valence-corrected chi connectivity index (χ0v) is 23.2. The van der Waals surface area contributed by atoms with Gasteiger partial charge in [0.15, 0.2) is 0 Å². The average molecular weight is 537 g/mol. The Bertz CT molecular complexity index is 1580. The van der Waals surface area contributed by atoms with Crippen LogP contribution >= 0.6 is 0 Å². The van der Waals surface area contributed by atoms with Gasteiger partial charge in [-0.2, -0.15) is 0 Å². The van der Waals surface area contributed by atoms with Crippen LogP contribution in [0, 0.1) is 18.7 Å².